The average Bonchev–Trinajstić information content (AvgIpc) is 3.09. The number of ether oxygens (including phenoxy) is 1. The molecule has 88 valence electrons. The molecule has 0 unspecified atom stereocenters. The van der Waals surface area contributed by atoms with E-state index in [0.29, 0.717) is 29.9 Å². The van der Waals surface area contributed by atoms with Crippen molar-refractivity contribution in [3.8, 4) is 5.75 Å². The Balaban J connectivity index is 1.99. The zero-order valence-corrected chi connectivity index (χ0v) is 10.4. The summed E-state index contributed by atoms with van der Waals surface area (Å²) in [6.07, 6.45) is 3.91. The Labute approximate surface area is 105 Å². The molecule has 0 bridgehead atoms. The van der Waals surface area contributed by atoms with Crippen molar-refractivity contribution in [1.29, 1.82) is 0 Å². The average molecular weight is 261 g/mol. The fourth-order valence-corrected chi connectivity index (χ4v) is 1.91. The molecule has 16 heavy (non-hydrogen) atoms. The first kappa shape index (κ1) is 12.0. The Morgan fingerprint density at radius 2 is 2.25 bits per heavy atom. The van der Waals surface area contributed by atoms with E-state index in [0.717, 1.165) is 18.4 Å². The molecular weight excluding hydrogens is 247 g/mol. The molecule has 0 aromatic carbocycles. The third kappa shape index (κ3) is 2.59. The van der Waals surface area contributed by atoms with Crippen LogP contribution in [0.4, 0.5) is 0 Å². The van der Waals surface area contributed by atoms with Crippen LogP contribution in [0.2, 0.25) is 5.15 Å². The monoisotopic (exact) mass is 260 g/mol. The van der Waals surface area contributed by atoms with Gasteiger partial charge in [-0.2, -0.15) is 0 Å². The number of pyridine rings is 1. The first-order chi connectivity index (χ1) is 7.69. The second kappa shape index (κ2) is 4.78. The molecule has 1 heterocycles. The quantitative estimate of drug-likeness (QED) is 0.654. The highest BCUT2D eigenvalue weighted by Crippen LogP contribution is 2.44. The normalized spacial score (nSPS) is 17.2. The Morgan fingerprint density at radius 1 is 1.50 bits per heavy atom. The number of hydrogen-bond acceptors (Lipinski definition) is 3. The number of aromatic nitrogens is 1. The Kier molecular flexibility index (Phi) is 3.57. The number of rotatable bonds is 5. The number of halogens is 2. The van der Waals surface area contributed by atoms with Crippen molar-refractivity contribution in [3.05, 3.63) is 23.0 Å². The maximum absolute atomic E-state index is 5.85. The number of hydrogen-bond donors (Lipinski definition) is 1. The smallest absolute Gasteiger partial charge is 0.138 e. The summed E-state index contributed by atoms with van der Waals surface area (Å²) in [5.74, 6) is 1.05. The highest BCUT2D eigenvalue weighted by Gasteiger charge is 2.42. The van der Waals surface area contributed by atoms with Gasteiger partial charge in [0.25, 0.3) is 0 Å². The SMILES string of the molecule is NCC1(COc2cnc(Cl)c(CCl)c2)CC1. The molecule has 0 aliphatic heterocycles. The minimum Gasteiger partial charge on any atom is -0.491 e. The minimum atomic E-state index is 0.195. The van der Waals surface area contributed by atoms with Crippen LogP contribution >= 0.6 is 23.2 Å². The molecule has 1 aromatic heterocycles. The van der Waals surface area contributed by atoms with Crippen molar-refractivity contribution in [2.45, 2.75) is 18.7 Å². The Hall–Kier alpha value is -0.510. The van der Waals surface area contributed by atoms with Gasteiger partial charge in [-0.3, -0.25) is 0 Å². The van der Waals surface area contributed by atoms with Crippen LogP contribution in [0.1, 0.15) is 18.4 Å². The van der Waals surface area contributed by atoms with Crippen molar-refractivity contribution < 1.29 is 4.74 Å². The van der Waals surface area contributed by atoms with Gasteiger partial charge in [0, 0.05) is 17.5 Å². The maximum atomic E-state index is 5.85. The lowest BCUT2D eigenvalue weighted by atomic mass is 10.1. The summed E-state index contributed by atoms with van der Waals surface area (Å²) in [4.78, 5) is 4.02. The van der Waals surface area contributed by atoms with Gasteiger partial charge in [0.1, 0.15) is 10.9 Å². The highest BCUT2D eigenvalue weighted by molar-refractivity contribution is 6.31. The minimum absolute atomic E-state index is 0.195. The van der Waals surface area contributed by atoms with Crippen molar-refractivity contribution in [2.24, 2.45) is 11.1 Å². The largest absolute Gasteiger partial charge is 0.491 e. The van der Waals surface area contributed by atoms with Crippen LogP contribution < -0.4 is 10.5 Å². The third-order valence-corrected chi connectivity index (χ3v) is 3.59. The highest BCUT2D eigenvalue weighted by atomic mass is 35.5. The van der Waals surface area contributed by atoms with Crippen LogP contribution in [0.5, 0.6) is 5.75 Å². The summed E-state index contributed by atoms with van der Waals surface area (Å²) in [7, 11) is 0. The standard InChI is InChI=1S/C11H14Cl2N2O/c12-4-8-3-9(5-15-10(8)13)16-7-11(6-14)1-2-11/h3,5H,1-2,4,6-7,14H2. The molecule has 2 rings (SSSR count). The molecule has 1 fully saturated rings. The lowest BCUT2D eigenvalue weighted by molar-refractivity contribution is 0.238. The Morgan fingerprint density at radius 3 is 2.81 bits per heavy atom. The lowest BCUT2D eigenvalue weighted by Gasteiger charge is -2.14. The van der Waals surface area contributed by atoms with Gasteiger partial charge < -0.3 is 10.5 Å². The fourth-order valence-electron chi connectivity index (χ4n) is 1.46. The molecule has 0 amide bonds. The van der Waals surface area contributed by atoms with E-state index < -0.39 is 0 Å². The van der Waals surface area contributed by atoms with Crippen LogP contribution in [0.3, 0.4) is 0 Å². The van der Waals surface area contributed by atoms with Crippen molar-refractivity contribution >= 4 is 23.2 Å². The lowest BCUT2D eigenvalue weighted by Crippen LogP contribution is -2.22. The van der Waals surface area contributed by atoms with E-state index in [1.54, 1.807) is 6.20 Å². The molecule has 1 aliphatic rings. The van der Waals surface area contributed by atoms with E-state index in [9.17, 15) is 0 Å². The van der Waals surface area contributed by atoms with Gasteiger partial charge in [-0.05, 0) is 18.9 Å². The second-order valence-electron chi connectivity index (χ2n) is 4.25. The molecule has 5 heteroatoms. The first-order valence-electron chi connectivity index (χ1n) is 5.22. The van der Waals surface area contributed by atoms with Crippen LogP contribution in [-0.2, 0) is 5.88 Å². The van der Waals surface area contributed by atoms with Gasteiger partial charge >= 0.3 is 0 Å². The van der Waals surface area contributed by atoms with Crippen molar-refractivity contribution in [1.82, 2.24) is 4.98 Å². The van der Waals surface area contributed by atoms with E-state index in [2.05, 4.69) is 4.98 Å². The zero-order chi connectivity index (χ0) is 11.6. The van der Waals surface area contributed by atoms with Crippen molar-refractivity contribution in [3.63, 3.8) is 0 Å². The summed E-state index contributed by atoms with van der Waals surface area (Å²) in [6, 6.07) is 1.83. The van der Waals surface area contributed by atoms with Crippen LogP contribution in [0, 0.1) is 5.41 Å². The molecule has 0 spiro atoms. The van der Waals surface area contributed by atoms with E-state index >= 15 is 0 Å². The number of nitrogens with zero attached hydrogens (tertiary/aromatic N) is 1. The summed E-state index contributed by atoms with van der Waals surface area (Å²) >= 11 is 11.6. The van der Waals surface area contributed by atoms with Gasteiger partial charge in [0.2, 0.25) is 0 Å². The van der Waals surface area contributed by atoms with Crippen LogP contribution in [-0.4, -0.2) is 18.1 Å². The number of nitrogens with two attached hydrogens (primary N) is 1. The van der Waals surface area contributed by atoms with E-state index in [1.807, 2.05) is 6.07 Å². The summed E-state index contributed by atoms with van der Waals surface area (Å²) in [5, 5.41) is 0.433. The van der Waals surface area contributed by atoms with Gasteiger partial charge in [-0.1, -0.05) is 11.6 Å². The van der Waals surface area contributed by atoms with Crippen molar-refractivity contribution in [2.75, 3.05) is 13.2 Å². The predicted octanol–water partition coefficient (Wildman–Crippen LogP) is 2.59. The molecule has 0 radical (unpaired) electrons. The fraction of sp³-hybridized carbons (Fsp3) is 0.545. The molecule has 0 atom stereocenters. The zero-order valence-electron chi connectivity index (χ0n) is 8.88. The van der Waals surface area contributed by atoms with Crippen LogP contribution in [0.25, 0.3) is 0 Å². The topological polar surface area (TPSA) is 48.1 Å². The molecule has 1 aromatic rings. The Bertz CT molecular complexity index is 380. The van der Waals surface area contributed by atoms with Crippen LogP contribution in [0.15, 0.2) is 12.3 Å². The summed E-state index contributed by atoms with van der Waals surface area (Å²) in [6.45, 7) is 1.32. The van der Waals surface area contributed by atoms with E-state index in [4.69, 9.17) is 33.7 Å². The van der Waals surface area contributed by atoms with Gasteiger partial charge in [0.15, 0.2) is 0 Å². The third-order valence-electron chi connectivity index (χ3n) is 2.97. The van der Waals surface area contributed by atoms with Gasteiger partial charge in [0.05, 0.1) is 18.7 Å². The molecular formula is C11H14Cl2N2O. The molecule has 0 saturated heterocycles. The summed E-state index contributed by atoms with van der Waals surface area (Å²) in [5.41, 5.74) is 6.66. The van der Waals surface area contributed by atoms with Gasteiger partial charge in [-0.15, -0.1) is 11.6 Å². The van der Waals surface area contributed by atoms with E-state index in [-0.39, 0.29) is 5.41 Å². The van der Waals surface area contributed by atoms with E-state index in [1.165, 1.54) is 0 Å². The first-order valence-corrected chi connectivity index (χ1v) is 6.14. The number of alkyl halides is 1. The maximum Gasteiger partial charge on any atom is 0.138 e. The molecule has 1 aliphatic carbocycles. The molecule has 1 saturated carbocycles. The predicted molar refractivity (Wildman–Crippen MR) is 65.0 cm³/mol. The molecule has 3 nitrogen and oxygen atoms in total. The summed E-state index contributed by atoms with van der Waals surface area (Å²) < 4.78 is 5.66. The second-order valence-corrected chi connectivity index (χ2v) is 4.87. The van der Waals surface area contributed by atoms with Gasteiger partial charge in [-0.25, -0.2) is 4.98 Å². The molecule has 2 N–H and O–H groups in total.